The summed E-state index contributed by atoms with van der Waals surface area (Å²) in [7, 11) is 3.13. The minimum atomic E-state index is -4.71. The number of nitrogens with one attached hydrogen (secondary N) is 1. The summed E-state index contributed by atoms with van der Waals surface area (Å²) in [6.45, 7) is 0. The van der Waals surface area contributed by atoms with Gasteiger partial charge in [-0.05, 0) is 65.2 Å². The van der Waals surface area contributed by atoms with Crippen molar-refractivity contribution in [3.05, 3.63) is 100 Å². The largest absolute Gasteiger partial charge is 0.497 e. The molecular weight excluding hydrogens is 493 g/mol. The second-order valence-electron chi connectivity index (χ2n) is 8.03. The van der Waals surface area contributed by atoms with Crippen LogP contribution in [-0.4, -0.2) is 29.0 Å². The van der Waals surface area contributed by atoms with Crippen molar-refractivity contribution in [1.82, 2.24) is 14.8 Å². The van der Waals surface area contributed by atoms with E-state index in [0.717, 1.165) is 11.1 Å². The molecule has 1 atom stereocenters. The van der Waals surface area contributed by atoms with Crippen molar-refractivity contribution >= 4 is 28.8 Å². The van der Waals surface area contributed by atoms with Crippen LogP contribution in [0.2, 0.25) is 5.02 Å². The molecule has 0 saturated carbocycles. The molecule has 5 rings (SSSR count). The zero-order valence-electron chi connectivity index (χ0n) is 19.2. The molecule has 3 aromatic carbocycles. The first kappa shape index (κ1) is 23.7. The zero-order valence-corrected chi connectivity index (χ0v) is 19.9. The highest BCUT2D eigenvalue weighted by Crippen LogP contribution is 2.45. The summed E-state index contributed by atoms with van der Waals surface area (Å²) in [5.74, 6) is 0.0512. The number of fused-ring (bicyclic) bond motifs is 1. The molecule has 36 heavy (non-hydrogen) atoms. The van der Waals surface area contributed by atoms with Crippen LogP contribution < -0.4 is 14.8 Å². The normalized spacial score (nSPS) is 15.3. The molecule has 1 aliphatic rings. The van der Waals surface area contributed by atoms with Gasteiger partial charge in [0.25, 0.3) is 5.82 Å². The maximum Gasteiger partial charge on any atom is 0.453 e. The Morgan fingerprint density at radius 3 is 1.92 bits per heavy atom. The fourth-order valence-corrected chi connectivity index (χ4v) is 4.28. The molecule has 2 heterocycles. The third-order valence-electron chi connectivity index (χ3n) is 5.87. The average Bonchev–Trinajstić information content (AvgIpc) is 3.33. The van der Waals surface area contributed by atoms with E-state index < -0.39 is 18.0 Å². The van der Waals surface area contributed by atoms with Crippen molar-refractivity contribution in [1.29, 1.82) is 0 Å². The Balaban J connectivity index is 1.79. The monoisotopic (exact) mass is 512 g/mol. The van der Waals surface area contributed by atoms with Gasteiger partial charge < -0.3 is 14.8 Å². The topological polar surface area (TPSA) is 61.2 Å². The van der Waals surface area contributed by atoms with Crippen molar-refractivity contribution < 1.29 is 22.6 Å². The zero-order chi connectivity index (χ0) is 25.4. The Morgan fingerprint density at radius 2 is 1.39 bits per heavy atom. The molecule has 0 fully saturated rings. The van der Waals surface area contributed by atoms with Gasteiger partial charge in [-0.15, -0.1) is 5.10 Å². The Kier molecular flexibility index (Phi) is 6.09. The number of methoxy groups -OCH3 is 2. The van der Waals surface area contributed by atoms with Gasteiger partial charge in [0.2, 0.25) is 5.95 Å². The molecule has 1 aromatic heterocycles. The number of hydrogen-bond donors (Lipinski definition) is 1. The quantitative estimate of drug-likeness (QED) is 0.328. The van der Waals surface area contributed by atoms with Gasteiger partial charge >= 0.3 is 6.18 Å². The van der Waals surface area contributed by atoms with E-state index in [-0.39, 0.29) is 5.95 Å². The number of halogens is 4. The van der Waals surface area contributed by atoms with Crippen LogP contribution in [0.25, 0.3) is 11.3 Å². The van der Waals surface area contributed by atoms with Crippen LogP contribution >= 0.6 is 11.6 Å². The fourth-order valence-electron chi connectivity index (χ4n) is 4.16. The molecule has 0 spiro atoms. The van der Waals surface area contributed by atoms with Gasteiger partial charge in [-0.2, -0.15) is 18.2 Å². The molecule has 0 saturated heterocycles. The van der Waals surface area contributed by atoms with E-state index in [0.29, 0.717) is 33.4 Å². The van der Waals surface area contributed by atoms with E-state index in [2.05, 4.69) is 15.4 Å². The standard InChI is InChI=1S/C26H20ClF3N4O2/c1-35-19-11-5-15(6-12-19)21-22(16-7-13-20(36-2)14-8-16)31-25-32-24(26(28,29)30)33-34(25)23(21)17-3-9-18(27)10-4-17/h3-14,23H,1-2H3,(H,31,32,33)/t23-/m0/s1. The predicted molar refractivity (Wildman–Crippen MR) is 131 cm³/mol. The molecule has 0 radical (unpaired) electrons. The maximum absolute atomic E-state index is 13.6. The predicted octanol–water partition coefficient (Wildman–Crippen LogP) is 6.55. The summed E-state index contributed by atoms with van der Waals surface area (Å²) in [6, 6.07) is 20.7. The lowest BCUT2D eigenvalue weighted by Gasteiger charge is -2.31. The van der Waals surface area contributed by atoms with Gasteiger partial charge in [0.05, 0.1) is 19.9 Å². The lowest BCUT2D eigenvalue weighted by molar-refractivity contribution is -0.145. The third kappa shape index (κ3) is 4.37. The number of aromatic nitrogens is 3. The van der Waals surface area contributed by atoms with Crippen LogP contribution in [0.15, 0.2) is 72.8 Å². The van der Waals surface area contributed by atoms with E-state index in [9.17, 15) is 13.2 Å². The molecule has 4 aromatic rings. The van der Waals surface area contributed by atoms with Gasteiger partial charge in [0.15, 0.2) is 0 Å². The lowest BCUT2D eigenvalue weighted by Crippen LogP contribution is -2.24. The summed E-state index contributed by atoms with van der Waals surface area (Å²) in [5, 5.41) is 7.48. The van der Waals surface area contributed by atoms with E-state index in [1.807, 2.05) is 24.3 Å². The third-order valence-corrected chi connectivity index (χ3v) is 6.13. The molecular formula is C26H20ClF3N4O2. The summed E-state index contributed by atoms with van der Waals surface area (Å²) >= 11 is 6.12. The van der Waals surface area contributed by atoms with Gasteiger partial charge in [0, 0.05) is 10.6 Å². The van der Waals surface area contributed by atoms with Crippen molar-refractivity contribution in [2.24, 2.45) is 0 Å². The first-order valence-corrected chi connectivity index (χ1v) is 11.3. The van der Waals surface area contributed by atoms with Crippen LogP contribution in [0.4, 0.5) is 19.1 Å². The SMILES string of the molecule is COc1ccc(C2=C(c3ccc(OC)cc3)[C@H](c3ccc(Cl)cc3)n3nc(C(F)(F)F)nc3N2)cc1. The van der Waals surface area contributed by atoms with Crippen LogP contribution in [0, 0.1) is 0 Å². The van der Waals surface area contributed by atoms with Gasteiger partial charge in [-0.3, -0.25) is 0 Å². The summed E-state index contributed by atoms with van der Waals surface area (Å²) in [4.78, 5) is 3.79. The van der Waals surface area contributed by atoms with Gasteiger partial charge in [-0.25, -0.2) is 4.68 Å². The van der Waals surface area contributed by atoms with Crippen LogP contribution in [0.5, 0.6) is 11.5 Å². The Hall–Kier alpha value is -3.98. The minimum Gasteiger partial charge on any atom is -0.497 e. The lowest BCUT2D eigenvalue weighted by atomic mass is 9.88. The molecule has 10 heteroatoms. The highest BCUT2D eigenvalue weighted by Gasteiger charge is 2.41. The number of anilines is 1. The number of alkyl halides is 3. The van der Waals surface area contributed by atoms with Crippen LogP contribution in [0.3, 0.4) is 0 Å². The molecule has 0 amide bonds. The molecule has 0 unspecified atom stereocenters. The molecule has 0 aliphatic carbocycles. The van der Waals surface area contributed by atoms with E-state index in [4.69, 9.17) is 21.1 Å². The van der Waals surface area contributed by atoms with Crippen LogP contribution in [0.1, 0.15) is 28.6 Å². The molecule has 6 nitrogen and oxygen atoms in total. The first-order chi connectivity index (χ1) is 17.3. The Labute approximate surface area is 210 Å². The van der Waals surface area contributed by atoms with Crippen molar-refractivity contribution in [2.75, 3.05) is 19.5 Å². The minimum absolute atomic E-state index is 0.0228. The number of benzene rings is 3. The molecule has 1 N–H and O–H groups in total. The Morgan fingerprint density at radius 1 is 0.833 bits per heavy atom. The summed E-state index contributed by atoms with van der Waals surface area (Å²) < 4.78 is 52.8. The van der Waals surface area contributed by atoms with Crippen molar-refractivity contribution in [2.45, 2.75) is 12.2 Å². The second-order valence-corrected chi connectivity index (χ2v) is 8.46. The number of rotatable bonds is 5. The van der Waals surface area contributed by atoms with Gasteiger partial charge in [-0.1, -0.05) is 35.9 Å². The summed E-state index contributed by atoms with van der Waals surface area (Å²) in [6.07, 6.45) is -4.71. The van der Waals surface area contributed by atoms with E-state index in [1.54, 1.807) is 62.8 Å². The highest BCUT2D eigenvalue weighted by molar-refractivity contribution is 6.30. The number of ether oxygens (including phenoxy) is 2. The molecule has 1 aliphatic heterocycles. The average molecular weight is 513 g/mol. The first-order valence-electron chi connectivity index (χ1n) is 10.9. The Bertz CT molecular complexity index is 1410. The second kappa shape index (κ2) is 9.23. The molecule has 184 valence electrons. The van der Waals surface area contributed by atoms with E-state index in [1.165, 1.54) is 4.68 Å². The van der Waals surface area contributed by atoms with Crippen molar-refractivity contribution in [3.63, 3.8) is 0 Å². The van der Waals surface area contributed by atoms with Crippen molar-refractivity contribution in [3.8, 4) is 11.5 Å². The van der Waals surface area contributed by atoms with Crippen LogP contribution in [-0.2, 0) is 6.18 Å². The number of allylic oxidation sites excluding steroid dienone is 1. The summed E-state index contributed by atoms with van der Waals surface area (Å²) in [5.41, 5.74) is 3.50. The highest BCUT2D eigenvalue weighted by atomic mass is 35.5. The number of hydrogen-bond acceptors (Lipinski definition) is 5. The number of nitrogens with zero attached hydrogens (tertiary/aromatic N) is 3. The maximum atomic E-state index is 13.6. The fraction of sp³-hybridized carbons (Fsp3) is 0.154. The van der Waals surface area contributed by atoms with E-state index >= 15 is 0 Å². The van der Waals surface area contributed by atoms with Gasteiger partial charge in [0.1, 0.15) is 17.5 Å². The molecule has 0 bridgehead atoms. The smallest absolute Gasteiger partial charge is 0.453 e.